The Labute approximate surface area is 125 Å². The molecule has 0 aliphatic heterocycles. The third kappa shape index (κ3) is 3.64. The van der Waals surface area contributed by atoms with Gasteiger partial charge in [0.15, 0.2) is 0 Å². The van der Waals surface area contributed by atoms with E-state index in [4.69, 9.17) is 27.9 Å². The summed E-state index contributed by atoms with van der Waals surface area (Å²) in [5, 5.41) is 0.692. The second-order valence-electron chi connectivity index (χ2n) is 3.81. The lowest BCUT2D eigenvalue weighted by Gasteiger charge is -2.09. The maximum Gasteiger partial charge on any atom is 0.120 e. The van der Waals surface area contributed by atoms with E-state index in [0.29, 0.717) is 17.5 Å². The molecule has 0 aliphatic rings. The Bertz CT molecular complexity index is 543. The fraction of sp³-hybridized carbons (Fsp3) is 0.143. The van der Waals surface area contributed by atoms with Crippen LogP contribution in [0.3, 0.4) is 0 Å². The van der Waals surface area contributed by atoms with Gasteiger partial charge in [0.05, 0.1) is 0 Å². The molecule has 0 fully saturated rings. The summed E-state index contributed by atoms with van der Waals surface area (Å²) >= 11 is 15.3. The van der Waals surface area contributed by atoms with Gasteiger partial charge in [0.25, 0.3) is 0 Å². The third-order valence-corrected chi connectivity index (χ3v) is 3.62. The molecule has 0 saturated heterocycles. The van der Waals surface area contributed by atoms with E-state index in [0.717, 1.165) is 21.3 Å². The second kappa shape index (κ2) is 6.46. The number of rotatable bonds is 4. The van der Waals surface area contributed by atoms with Gasteiger partial charge in [-0.3, -0.25) is 0 Å². The molecule has 0 heterocycles. The smallest absolute Gasteiger partial charge is 0.120 e. The van der Waals surface area contributed by atoms with Crippen LogP contribution in [0.2, 0.25) is 5.02 Å². The fourth-order valence-electron chi connectivity index (χ4n) is 1.52. The summed E-state index contributed by atoms with van der Waals surface area (Å²) in [7, 11) is 0. The summed E-state index contributed by atoms with van der Waals surface area (Å²) in [6.45, 7) is 0.442. The lowest BCUT2D eigenvalue weighted by molar-refractivity contribution is 0.306. The number of benzene rings is 2. The van der Waals surface area contributed by atoms with Gasteiger partial charge < -0.3 is 4.74 Å². The normalized spacial score (nSPS) is 10.4. The molecular weight excluding hydrogens is 335 g/mol. The van der Waals surface area contributed by atoms with Crippen molar-refractivity contribution >= 4 is 39.1 Å². The van der Waals surface area contributed by atoms with Gasteiger partial charge in [-0.1, -0.05) is 45.7 Å². The van der Waals surface area contributed by atoms with Crippen molar-refractivity contribution in [1.29, 1.82) is 0 Å². The van der Waals surface area contributed by atoms with Crippen molar-refractivity contribution in [3.63, 3.8) is 0 Å². The summed E-state index contributed by atoms with van der Waals surface area (Å²) in [4.78, 5) is 0. The Hall–Kier alpha value is -0.700. The van der Waals surface area contributed by atoms with Crippen molar-refractivity contribution in [3.05, 3.63) is 63.1 Å². The first-order valence-electron chi connectivity index (χ1n) is 5.40. The van der Waals surface area contributed by atoms with Crippen LogP contribution in [-0.4, -0.2) is 0 Å². The highest BCUT2D eigenvalue weighted by Gasteiger charge is 2.02. The fourth-order valence-corrected chi connectivity index (χ4v) is 2.41. The van der Waals surface area contributed by atoms with Gasteiger partial charge in [-0.2, -0.15) is 0 Å². The molecule has 0 spiro atoms. The highest BCUT2D eigenvalue weighted by Crippen LogP contribution is 2.23. The molecule has 0 atom stereocenters. The first-order chi connectivity index (χ1) is 8.69. The standard InChI is InChI=1S/C14H11BrCl2O/c15-12-5-4-11(14(17)7-12)9-18-13-3-1-2-10(6-13)8-16/h1-7H,8-9H2. The summed E-state index contributed by atoms with van der Waals surface area (Å²) in [6.07, 6.45) is 0. The topological polar surface area (TPSA) is 9.23 Å². The van der Waals surface area contributed by atoms with E-state index in [2.05, 4.69) is 15.9 Å². The lowest BCUT2D eigenvalue weighted by Crippen LogP contribution is -1.96. The molecule has 0 aliphatic carbocycles. The van der Waals surface area contributed by atoms with Crippen LogP contribution >= 0.6 is 39.1 Å². The van der Waals surface area contributed by atoms with Crippen LogP contribution in [0.15, 0.2) is 46.9 Å². The zero-order valence-electron chi connectivity index (χ0n) is 9.50. The SMILES string of the molecule is ClCc1cccc(OCc2ccc(Br)cc2Cl)c1. The Morgan fingerprint density at radius 2 is 1.94 bits per heavy atom. The third-order valence-electron chi connectivity index (χ3n) is 2.46. The van der Waals surface area contributed by atoms with Crippen LogP contribution in [0.1, 0.15) is 11.1 Å². The van der Waals surface area contributed by atoms with E-state index in [9.17, 15) is 0 Å². The maximum absolute atomic E-state index is 6.12. The van der Waals surface area contributed by atoms with Gasteiger partial charge in [0, 0.05) is 20.9 Å². The second-order valence-corrected chi connectivity index (χ2v) is 5.40. The number of alkyl halides is 1. The predicted octanol–water partition coefficient (Wildman–Crippen LogP) is 5.42. The number of hydrogen-bond acceptors (Lipinski definition) is 1. The average Bonchev–Trinajstić information content (AvgIpc) is 2.38. The minimum atomic E-state index is 0.442. The van der Waals surface area contributed by atoms with E-state index in [1.165, 1.54) is 0 Å². The van der Waals surface area contributed by atoms with Gasteiger partial charge in [-0.15, -0.1) is 11.6 Å². The van der Waals surface area contributed by atoms with Crippen LogP contribution < -0.4 is 4.74 Å². The van der Waals surface area contributed by atoms with E-state index >= 15 is 0 Å². The molecule has 0 bridgehead atoms. The molecule has 0 N–H and O–H groups in total. The highest BCUT2D eigenvalue weighted by atomic mass is 79.9. The molecule has 1 nitrogen and oxygen atoms in total. The molecule has 0 saturated carbocycles. The van der Waals surface area contributed by atoms with Gasteiger partial charge in [0.2, 0.25) is 0 Å². The average molecular weight is 346 g/mol. The van der Waals surface area contributed by atoms with Crippen molar-refractivity contribution < 1.29 is 4.74 Å². The molecule has 18 heavy (non-hydrogen) atoms. The van der Waals surface area contributed by atoms with Gasteiger partial charge >= 0.3 is 0 Å². The van der Waals surface area contributed by atoms with Crippen molar-refractivity contribution in [2.24, 2.45) is 0 Å². The number of halogens is 3. The predicted molar refractivity (Wildman–Crippen MR) is 79.5 cm³/mol. The largest absolute Gasteiger partial charge is 0.489 e. The van der Waals surface area contributed by atoms with Gasteiger partial charge in [0.1, 0.15) is 12.4 Å². The van der Waals surface area contributed by atoms with Gasteiger partial charge in [-0.05, 0) is 29.8 Å². The van der Waals surface area contributed by atoms with E-state index in [1.54, 1.807) is 0 Å². The number of hydrogen-bond donors (Lipinski definition) is 0. The minimum Gasteiger partial charge on any atom is -0.489 e. The van der Waals surface area contributed by atoms with Crippen molar-refractivity contribution in [2.75, 3.05) is 0 Å². The summed E-state index contributed by atoms with van der Waals surface area (Å²) in [5.41, 5.74) is 1.99. The highest BCUT2D eigenvalue weighted by molar-refractivity contribution is 9.10. The Kier molecular flexibility index (Phi) is 4.93. The van der Waals surface area contributed by atoms with Crippen molar-refractivity contribution in [2.45, 2.75) is 12.5 Å². The molecule has 0 unspecified atom stereocenters. The summed E-state index contributed by atoms with van der Waals surface area (Å²) in [6, 6.07) is 13.5. The van der Waals surface area contributed by atoms with Crippen LogP contribution in [0.25, 0.3) is 0 Å². The molecule has 2 rings (SSSR count). The summed E-state index contributed by atoms with van der Waals surface area (Å²) < 4.78 is 6.66. The molecule has 0 aromatic heterocycles. The van der Waals surface area contributed by atoms with Crippen LogP contribution in [0.4, 0.5) is 0 Å². The molecule has 0 amide bonds. The van der Waals surface area contributed by atoms with E-state index in [1.807, 2.05) is 42.5 Å². The molecule has 94 valence electrons. The quantitative estimate of drug-likeness (QED) is 0.672. The van der Waals surface area contributed by atoms with Crippen LogP contribution in [-0.2, 0) is 12.5 Å². The van der Waals surface area contributed by atoms with Crippen LogP contribution in [0.5, 0.6) is 5.75 Å². The molecule has 2 aromatic carbocycles. The Balaban J connectivity index is 2.06. The van der Waals surface area contributed by atoms with Crippen LogP contribution in [0, 0.1) is 0 Å². The Morgan fingerprint density at radius 1 is 1.11 bits per heavy atom. The minimum absolute atomic E-state index is 0.442. The van der Waals surface area contributed by atoms with Crippen molar-refractivity contribution in [1.82, 2.24) is 0 Å². The first kappa shape index (κ1) is 13.7. The maximum atomic E-state index is 6.12. The van der Waals surface area contributed by atoms with Crippen molar-refractivity contribution in [3.8, 4) is 5.75 Å². The zero-order chi connectivity index (χ0) is 13.0. The molecular formula is C14H11BrCl2O. The molecule has 2 aromatic rings. The number of ether oxygens (including phenoxy) is 1. The first-order valence-corrected chi connectivity index (χ1v) is 7.11. The van der Waals surface area contributed by atoms with Gasteiger partial charge in [-0.25, -0.2) is 0 Å². The lowest BCUT2D eigenvalue weighted by atomic mass is 10.2. The monoisotopic (exact) mass is 344 g/mol. The zero-order valence-corrected chi connectivity index (χ0v) is 12.6. The molecule has 4 heteroatoms. The Morgan fingerprint density at radius 3 is 2.67 bits per heavy atom. The molecule has 0 radical (unpaired) electrons. The van der Waals surface area contributed by atoms with E-state index < -0.39 is 0 Å². The van der Waals surface area contributed by atoms with E-state index in [-0.39, 0.29) is 0 Å². The summed E-state index contributed by atoms with van der Waals surface area (Å²) in [5.74, 6) is 1.28.